The predicted molar refractivity (Wildman–Crippen MR) is 82.2 cm³/mol. The Morgan fingerprint density at radius 1 is 1.10 bits per heavy atom. The molecule has 1 N–H and O–H groups in total. The zero-order chi connectivity index (χ0) is 14.5. The highest BCUT2D eigenvalue weighted by Gasteiger charge is 2.37. The number of fused-ring (bicyclic) bond motifs is 1. The minimum atomic E-state index is -0.0795. The number of benzene rings is 1. The van der Waals surface area contributed by atoms with Gasteiger partial charge in [-0.05, 0) is 37.7 Å². The van der Waals surface area contributed by atoms with E-state index in [9.17, 15) is 4.79 Å². The molecule has 2 aliphatic heterocycles. The summed E-state index contributed by atoms with van der Waals surface area (Å²) in [4.78, 5) is 13.7. The normalized spacial score (nSPS) is 28.7. The lowest BCUT2D eigenvalue weighted by molar-refractivity contribution is -0.940. The fourth-order valence-electron chi connectivity index (χ4n) is 3.99. The van der Waals surface area contributed by atoms with Gasteiger partial charge in [0.15, 0.2) is 0 Å². The Bertz CT molecular complexity index is 458. The molecule has 2 fully saturated rings. The Morgan fingerprint density at radius 2 is 1.90 bits per heavy atom. The minimum absolute atomic E-state index is 0.0795. The summed E-state index contributed by atoms with van der Waals surface area (Å²) < 4.78 is 5.58. The Morgan fingerprint density at radius 3 is 2.76 bits per heavy atom. The van der Waals surface area contributed by atoms with E-state index in [4.69, 9.17) is 4.74 Å². The van der Waals surface area contributed by atoms with Crippen LogP contribution in [-0.4, -0.2) is 31.7 Å². The van der Waals surface area contributed by atoms with Gasteiger partial charge < -0.3 is 9.64 Å². The first kappa shape index (κ1) is 14.6. The van der Waals surface area contributed by atoms with Gasteiger partial charge in [-0.25, -0.2) is 0 Å². The summed E-state index contributed by atoms with van der Waals surface area (Å²) >= 11 is 0. The summed E-state index contributed by atoms with van der Waals surface area (Å²) in [5.41, 5.74) is 1.04. The number of quaternary nitrogens is 1. The molecule has 21 heavy (non-hydrogen) atoms. The fraction of sp³-hybridized carbons (Fsp3) is 0.611. The van der Waals surface area contributed by atoms with Gasteiger partial charge in [0.05, 0.1) is 32.2 Å². The maximum atomic E-state index is 12.0. The first-order chi connectivity index (χ1) is 10.3. The maximum absolute atomic E-state index is 12.0. The van der Waals surface area contributed by atoms with Crippen molar-refractivity contribution < 1.29 is 14.4 Å². The molecule has 1 aromatic rings. The first-order valence-corrected chi connectivity index (χ1v) is 8.37. The molecular formula is C18H26NO2+. The van der Waals surface area contributed by atoms with Crippen molar-refractivity contribution in [3.63, 3.8) is 0 Å². The molecule has 1 aromatic carbocycles. The zero-order valence-electron chi connectivity index (χ0n) is 12.7. The minimum Gasteiger partial charge on any atom is -0.465 e. The molecule has 0 spiro atoms. The Hall–Kier alpha value is -1.35. The van der Waals surface area contributed by atoms with Gasteiger partial charge in [0, 0.05) is 5.92 Å². The molecule has 1 unspecified atom stereocenters. The van der Waals surface area contributed by atoms with E-state index in [2.05, 4.69) is 0 Å². The van der Waals surface area contributed by atoms with E-state index < -0.39 is 0 Å². The second-order valence-corrected chi connectivity index (χ2v) is 6.51. The molecule has 0 radical (unpaired) electrons. The zero-order valence-corrected chi connectivity index (χ0v) is 12.7. The van der Waals surface area contributed by atoms with Gasteiger partial charge >= 0.3 is 5.97 Å². The number of hydrogen-bond donors (Lipinski definition) is 1. The van der Waals surface area contributed by atoms with Gasteiger partial charge in [0.1, 0.15) is 0 Å². The van der Waals surface area contributed by atoms with Crippen molar-refractivity contribution in [1.82, 2.24) is 0 Å². The van der Waals surface area contributed by atoms with E-state index >= 15 is 0 Å². The topological polar surface area (TPSA) is 30.7 Å². The molecule has 3 rings (SSSR count). The van der Waals surface area contributed by atoms with Gasteiger partial charge in [0.2, 0.25) is 0 Å². The van der Waals surface area contributed by atoms with E-state index in [0.717, 1.165) is 11.6 Å². The van der Waals surface area contributed by atoms with Crippen molar-refractivity contribution >= 4 is 5.97 Å². The predicted octanol–water partition coefficient (Wildman–Crippen LogP) is 1.62. The molecule has 0 aromatic heterocycles. The van der Waals surface area contributed by atoms with Gasteiger partial charge in [-0.2, -0.15) is 0 Å². The number of esters is 1. The largest absolute Gasteiger partial charge is 0.465 e. The number of hydrogen-bond acceptors (Lipinski definition) is 2. The summed E-state index contributed by atoms with van der Waals surface area (Å²) in [5, 5.41) is 0. The number of nitrogens with one attached hydrogen (secondary N) is 1. The summed E-state index contributed by atoms with van der Waals surface area (Å²) in [6.45, 7) is 3.26. The van der Waals surface area contributed by atoms with E-state index in [1.165, 1.54) is 45.2 Å². The van der Waals surface area contributed by atoms with Crippen molar-refractivity contribution in [3.8, 4) is 0 Å². The van der Waals surface area contributed by atoms with Gasteiger partial charge in [-0.15, -0.1) is 0 Å². The van der Waals surface area contributed by atoms with Crippen LogP contribution in [0.3, 0.4) is 0 Å². The van der Waals surface area contributed by atoms with Crippen LogP contribution in [-0.2, 0) is 16.0 Å². The third kappa shape index (κ3) is 3.85. The highest BCUT2D eigenvalue weighted by Crippen LogP contribution is 2.20. The van der Waals surface area contributed by atoms with Crippen LogP contribution in [0.25, 0.3) is 0 Å². The highest BCUT2D eigenvalue weighted by atomic mass is 16.5. The lowest BCUT2D eigenvalue weighted by atomic mass is 9.84. The van der Waals surface area contributed by atoms with Gasteiger partial charge in [-0.1, -0.05) is 30.3 Å². The maximum Gasteiger partial charge on any atom is 0.310 e. The Kier molecular flexibility index (Phi) is 4.91. The number of ether oxygens (including phenoxy) is 1. The van der Waals surface area contributed by atoms with Crippen molar-refractivity contribution in [1.29, 1.82) is 0 Å². The molecule has 3 nitrogen and oxygen atoms in total. The van der Waals surface area contributed by atoms with Crippen molar-refractivity contribution in [2.24, 2.45) is 5.92 Å². The summed E-state index contributed by atoms with van der Waals surface area (Å²) in [6, 6.07) is 10.6. The van der Waals surface area contributed by atoms with E-state index in [1.54, 1.807) is 4.90 Å². The summed E-state index contributed by atoms with van der Waals surface area (Å²) in [6.07, 6.45) is 6.94. The second-order valence-electron chi connectivity index (χ2n) is 6.51. The number of carbonyl (C=O) groups is 1. The SMILES string of the molecule is O=C(Cc1ccccc1)OC[C@H]1CCC[NH+]2CCCC[C@@H]12. The molecule has 0 aliphatic carbocycles. The molecule has 2 saturated heterocycles. The van der Waals surface area contributed by atoms with Crippen LogP contribution >= 0.6 is 0 Å². The van der Waals surface area contributed by atoms with Crippen LogP contribution in [0.2, 0.25) is 0 Å². The molecule has 0 amide bonds. The van der Waals surface area contributed by atoms with Gasteiger partial charge in [-0.3, -0.25) is 4.79 Å². The van der Waals surface area contributed by atoms with Crippen LogP contribution in [0.15, 0.2) is 30.3 Å². The number of carbonyl (C=O) groups excluding carboxylic acids is 1. The second kappa shape index (κ2) is 7.08. The molecular weight excluding hydrogens is 262 g/mol. The van der Waals surface area contributed by atoms with E-state index in [1.807, 2.05) is 30.3 Å². The average molecular weight is 288 g/mol. The molecule has 3 atom stereocenters. The highest BCUT2D eigenvalue weighted by molar-refractivity contribution is 5.72. The molecule has 114 valence electrons. The van der Waals surface area contributed by atoms with Gasteiger partial charge in [0.25, 0.3) is 0 Å². The average Bonchev–Trinajstić information content (AvgIpc) is 2.54. The van der Waals surface area contributed by atoms with Crippen molar-refractivity contribution in [2.75, 3.05) is 19.7 Å². The number of rotatable bonds is 4. The quantitative estimate of drug-likeness (QED) is 0.854. The van der Waals surface area contributed by atoms with Crippen molar-refractivity contribution in [3.05, 3.63) is 35.9 Å². The van der Waals surface area contributed by atoms with E-state index in [0.29, 0.717) is 18.9 Å². The third-order valence-corrected chi connectivity index (χ3v) is 5.08. The molecule has 2 heterocycles. The Labute approximate surface area is 127 Å². The number of piperidine rings is 2. The fourth-order valence-corrected chi connectivity index (χ4v) is 3.99. The lowest BCUT2D eigenvalue weighted by Crippen LogP contribution is -3.18. The third-order valence-electron chi connectivity index (χ3n) is 5.08. The van der Waals surface area contributed by atoms with Crippen LogP contribution in [0.1, 0.15) is 37.7 Å². The lowest BCUT2D eigenvalue weighted by Gasteiger charge is -2.41. The Balaban J connectivity index is 1.48. The summed E-state index contributed by atoms with van der Waals surface area (Å²) in [5.74, 6) is 0.498. The van der Waals surface area contributed by atoms with Crippen LogP contribution in [0.5, 0.6) is 0 Å². The smallest absolute Gasteiger partial charge is 0.310 e. The molecule has 3 heteroatoms. The standard InChI is InChI=1S/C18H25NO2/c20-18(13-15-7-2-1-3-8-15)21-14-16-9-6-12-19-11-5-4-10-17(16)19/h1-3,7-8,16-17H,4-6,9-14H2/p+1/t16-,17+/m1/s1. The monoisotopic (exact) mass is 288 g/mol. The van der Waals surface area contributed by atoms with Crippen LogP contribution in [0.4, 0.5) is 0 Å². The molecule has 0 saturated carbocycles. The van der Waals surface area contributed by atoms with Crippen molar-refractivity contribution in [2.45, 2.75) is 44.6 Å². The first-order valence-electron chi connectivity index (χ1n) is 8.37. The molecule has 2 aliphatic rings. The van der Waals surface area contributed by atoms with Crippen LogP contribution < -0.4 is 4.90 Å². The van der Waals surface area contributed by atoms with E-state index in [-0.39, 0.29) is 5.97 Å². The molecule has 0 bridgehead atoms. The summed E-state index contributed by atoms with van der Waals surface area (Å²) in [7, 11) is 0. The van der Waals surface area contributed by atoms with Crippen LogP contribution in [0, 0.1) is 5.92 Å².